The van der Waals surface area contributed by atoms with Gasteiger partial charge in [0.2, 0.25) is 0 Å². The van der Waals surface area contributed by atoms with Crippen LogP contribution in [0.5, 0.6) is 0 Å². The summed E-state index contributed by atoms with van der Waals surface area (Å²) in [5, 5.41) is 15.1. The van der Waals surface area contributed by atoms with Crippen molar-refractivity contribution in [1.29, 1.82) is 0 Å². The van der Waals surface area contributed by atoms with Crippen LogP contribution in [0.3, 0.4) is 0 Å². The summed E-state index contributed by atoms with van der Waals surface area (Å²) in [6, 6.07) is 5.78. The molecule has 0 bridgehead atoms. The van der Waals surface area contributed by atoms with Crippen LogP contribution in [-0.2, 0) is 11.2 Å². The summed E-state index contributed by atoms with van der Waals surface area (Å²) >= 11 is 0. The quantitative estimate of drug-likeness (QED) is 0.844. The first-order chi connectivity index (χ1) is 8.15. The maximum Gasteiger partial charge on any atom is 0.303 e. The highest BCUT2D eigenvalue weighted by atomic mass is 19.1. The van der Waals surface area contributed by atoms with E-state index in [2.05, 4.69) is 15.2 Å². The molecule has 0 unspecified atom stereocenters. The number of nitrogens with zero attached hydrogens (tertiary/aromatic N) is 2. The number of carbonyl (C=O) groups is 1. The van der Waals surface area contributed by atoms with Crippen molar-refractivity contribution in [3.05, 3.63) is 35.9 Å². The van der Waals surface area contributed by atoms with Crippen LogP contribution in [0.4, 0.5) is 4.39 Å². The highest BCUT2D eigenvalue weighted by Crippen LogP contribution is 2.15. The number of benzene rings is 1. The monoisotopic (exact) mass is 235 g/mol. The standard InChI is InChI=1S/C11H10FN3O2/c12-8-3-1-7(2-4-8)11-13-9(14-15-11)5-6-10(16)17/h1-4H,5-6H2,(H,16,17)(H,13,14,15). The van der Waals surface area contributed by atoms with E-state index in [-0.39, 0.29) is 12.2 Å². The molecule has 0 spiro atoms. The fourth-order valence-corrected chi connectivity index (χ4v) is 1.36. The van der Waals surface area contributed by atoms with E-state index in [9.17, 15) is 9.18 Å². The summed E-state index contributed by atoms with van der Waals surface area (Å²) in [4.78, 5) is 14.5. The molecule has 17 heavy (non-hydrogen) atoms. The van der Waals surface area contributed by atoms with Gasteiger partial charge in [0.05, 0.1) is 6.42 Å². The Hall–Kier alpha value is -2.24. The van der Waals surface area contributed by atoms with Crippen LogP contribution in [0, 0.1) is 5.82 Å². The van der Waals surface area contributed by atoms with Crippen molar-refractivity contribution < 1.29 is 14.3 Å². The number of hydrogen-bond acceptors (Lipinski definition) is 3. The van der Waals surface area contributed by atoms with Crippen molar-refractivity contribution >= 4 is 5.97 Å². The largest absolute Gasteiger partial charge is 0.481 e. The number of aryl methyl sites for hydroxylation is 1. The molecule has 0 amide bonds. The highest BCUT2D eigenvalue weighted by Gasteiger charge is 2.07. The second kappa shape index (κ2) is 4.73. The first-order valence-electron chi connectivity index (χ1n) is 5.04. The Morgan fingerprint density at radius 3 is 2.71 bits per heavy atom. The molecule has 1 heterocycles. The average Bonchev–Trinajstić information content (AvgIpc) is 2.76. The van der Waals surface area contributed by atoms with Gasteiger partial charge in [-0.3, -0.25) is 9.89 Å². The van der Waals surface area contributed by atoms with E-state index in [1.54, 1.807) is 12.1 Å². The van der Waals surface area contributed by atoms with Crippen molar-refractivity contribution in [2.24, 2.45) is 0 Å². The molecule has 2 N–H and O–H groups in total. The Morgan fingerprint density at radius 1 is 1.35 bits per heavy atom. The molecule has 5 nitrogen and oxygen atoms in total. The Balaban J connectivity index is 2.12. The summed E-state index contributed by atoms with van der Waals surface area (Å²) in [6.07, 6.45) is 0.293. The van der Waals surface area contributed by atoms with Crippen LogP contribution in [0.15, 0.2) is 24.3 Å². The number of carboxylic acid groups (broad SMARTS) is 1. The van der Waals surface area contributed by atoms with E-state index >= 15 is 0 Å². The maximum atomic E-state index is 12.7. The number of hydrogen-bond donors (Lipinski definition) is 2. The molecular formula is C11H10FN3O2. The van der Waals surface area contributed by atoms with Crippen molar-refractivity contribution in [1.82, 2.24) is 15.2 Å². The van der Waals surface area contributed by atoms with Crippen molar-refractivity contribution in [3.8, 4) is 11.4 Å². The Labute approximate surface area is 96.3 Å². The molecule has 0 saturated heterocycles. The summed E-state index contributed by atoms with van der Waals surface area (Å²) in [5.74, 6) is -0.266. The van der Waals surface area contributed by atoms with Crippen LogP contribution in [0.1, 0.15) is 12.2 Å². The molecule has 1 aromatic carbocycles. The number of aromatic nitrogens is 3. The topological polar surface area (TPSA) is 78.9 Å². The minimum absolute atomic E-state index is 0.00193. The molecule has 0 radical (unpaired) electrons. The number of H-pyrrole nitrogens is 1. The molecular weight excluding hydrogens is 225 g/mol. The summed E-state index contributed by atoms with van der Waals surface area (Å²) in [6.45, 7) is 0. The first-order valence-corrected chi connectivity index (χ1v) is 5.04. The SMILES string of the molecule is O=C(O)CCc1nc(-c2ccc(F)cc2)n[nH]1. The maximum absolute atomic E-state index is 12.7. The van der Waals surface area contributed by atoms with Gasteiger partial charge in [-0.1, -0.05) is 0 Å². The van der Waals surface area contributed by atoms with E-state index in [1.165, 1.54) is 12.1 Å². The number of halogens is 1. The van der Waals surface area contributed by atoms with Gasteiger partial charge in [0, 0.05) is 12.0 Å². The normalized spacial score (nSPS) is 10.4. The van der Waals surface area contributed by atoms with Crippen molar-refractivity contribution in [3.63, 3.8) is 0 Å². The molecule has 2 aromatic rings. The van der Waals surface area contributed by atoms with E-state index in [1.807, 2.05) is 0 Å². The number of aromatic amines is 1. The van der Waals surface area contributed by atoms with Crippen LogP contribution in [0.25, 0.3) is 11.4 Å². The smallest absolute Gasteiger partial charge is 0.303 e. The molecule has 6 heteroatoms. The minimum Gasteiger partial charge on any atom is -0.481 e. The van der Waals surface area contributed by atoms with Crippen molar-refractivity contribution in [2.45, 2.75) is 12.8 Å². The lowest BCUT2D eigenvalue weighted by Gasteiger charge is -1.93. The molecule has 2 rings (SSSR count). The molecule has 88 valence electrons. The predicted octanol–water partition coefficient (Wildman–Crippen LogP) is 1.63. The third-order valence-corrected chi connectivity index (χ3v) is 2.21. The fraction of sp³-hybridized carbons (Fsp3) is 0.182. The van der Waals surface area contributed by atoms with Gasteiger partial charge < -0.3 is 5.11 Å². The van der Waals surface area contributed by atoms with Gasteiger partial charge in [-0.05, 0) is 24.3 Å². The zero-order chi connectivity index (χ0) is 12.3. The van der Waals surface area contributed by atoms with Gasteiger partial charge >= 0.3 is 5.97 Å². The van der Waals surface area contributed by atoms with Crippen LogP contribution in [-0.4, -0.2) is 26.3 Å². The highest BCUT2D eigenvalue weighted by molar-refractivity contribution is 5.66. The van der Waals surface area contributed by atoms with Gasteiger partial charge in [0.25, 0.3) is 0 Å². The second-order valence-electron chi connectivity index (χ2n) is 3.51. The lowest BCUT2D eigenvalue weighted by Crippen LogP contribution is -1.98. The second-order valence-corrected chi connectivity index (χ2v) is 3.51. The first kappa shape index (κ1) is 11.3. The Morgan fingerprint density at radius 2 is 2.06 bits per heavy atom. The zero-order valence-electron chi connectivity index (χ0n) is 8.85. The van der Waals surface area contributed by atoms with Gasteiger partial charge in [-0.2, -0.15) is 5.10 Å². The van der Waals surface area contributed by atoms with Gasteiger partial charge in [-0.15, -0.1) is 0 Å². The summed E-state index contributed by atoms with van der Waals surface area (Å²) in [5.41, 5.74) is 0.684. The van der Waals surface area contributed by atoms with Crippen molar-refractivity contribution in [2.75, 3.05) is 0 Å². The third kappa shape index (κ3) is 2.87. The summed E-state index contributed by atoms with van der Waals surface area (Å²) in [7, 11) is 0. The predicted molar refractivity (Wildman–Crippen MR) is 57.7 cm³/mol. The molecule has 0 atom stereocenters. The van der Waals surface area contributed by atoms with E-state index in [4.69, 9.17) is 5.11 Å². The minimum atomic E-state index is -0.885. The number of nitrogens with one attached hydrogen (secondary N) is 1. The molecule has 1 aromatic heterocycles. The van der Waals surface area contributed by atoms with Crippen LogP contribution < -0.4 is 0 Å². The Kier molecular flexibility index (Phi) is 3.13. The summed E-state index contributed by atoms with van der Waals surface area (Å²) < 4.78 is 12.7. The molecule has 0 aliphatic carbocycles. The molecule has 0 aliphatic rings. The van der Waals surface area contributed by atoms with Crippen LogP contribution >= 0.6 is 0 Å². The van der Waals surface area contributed by atoms with Crippen LogP contribution in [0.2, 0.25) is 0 Å². The van der Waals surface area contributed by atoms with Gasteiger partial charge in [0.15, 0.2) is 5.82 Å². The Bertz CT molecular complexity index is 522. The lowest BCUT2D eigenvalue weighted by molar-refractivity contribution is -0.137. The van der Waals surface area contributed by atoms with Gasteiger partial charge in [0.1, 0.15) is 11.6 Å². The van der Waals surface area contributed by atoms with E-state index in [0.29, 0.717) is 23.6 Å². The number of carboxylic acids is 1. The van der Waals surface area contributed by atoms with E-state index < -0.39 is 5.97 Å². The lowest BCUT2D eigenvalue weighted by atomic mass is 10.2. The molecule has 0 fully saturated rings. The zero-order valence-corrected chi connectivity index (χ0v) is 8.85. The number of rotatable bonds is 4. The molecule has 0 saturated carbocycles. The van der Waals surface area contributed by atoms with Gasteiger partial charge in [-0.25, -0.2) is 9.37 Å². The number of aliphatic carboxylic acids is 1. The average molecular weight is 235 g/mol. The van der Waals surface area contributed by atoms with E-state index in [0.717, 1.165) is 0 Å². The fourth-order valence-electron chi connectivity index (χ4n) is 1.36. The molecule has 0 aliphatic heterocycles. The third-order valence-electron chi connectivity index (χ3n) is 2.21.